The van der Waals surface area contributed by atoms with Gasteiger partial charge in [0.25, 0.3) is 0 Å². The number of pyridine rings is 1. The van der Waals surface area contributed by atoms with Gasteiger partial charge in [0.2, 0.25) is 0 Å². The second-order valence-corrected chi connectivity index (χ2v) is 12.9. The second kappa shape index (κ2) is 9.90. The van der Waals surface area contributed by atoms with Crippen LogP contribution < -0.4 is 4.74 Å². The molecule has 6 nitrogen and oxygen atoms in total. The highest BCUT2D eigenvalue weighted by Gasteiger charge is 2.64. The fraction of sp³-hybridized carbons (Fsp3) is 0.800. The number of aliphatic hydroxyl groups excluding tert-OH is 2. The van der Waals surface area contributed by atoms with Crippen molar-refractivity contribution in [3.8, 4) is 5.75 Å². The highest BCUT2D eigenvalue weighted by molar-refractivity contribution is 5.88. The molecule has 0 unspecified atom stereocenters. The van der Waals surface area contributed by atoms with E-state index in [0.717, 1.165) is 38.5 Å². The third kappa shape index (κ3) is 4.16. The van der Waals surface area contributed by atoms with Crippen LogP contribution in [0.2, 0.25) is 0 Å². The van der Waals surface area contributed by atoms with E-state index in [1.54, 1.807) is 12.1 Å². The molecule has 4 aliphatic rings. The molecule has 0 bridgehead atoms. The van der Waals surface area contributed by atoms with Gasteiger partial charge in [-0.1, -0.05) is 27.2 Å². The summed E-state index contributed by atoms with van der Waals surface area (Å²) in [7, 11) is 0. The molecule has 36 heavy (non-hydrogen) atoms. The summed E-state index contributed by atoms with van der Waals surface area (Å²) < 4.78 is 5.84. The first-order chi connectivity index (χ1) is 17.2. The Labute approximate surface area is 215 Å². The maximum Gasteiger partial charge on any atom is 0.358 e. The van der Waals surface area contributed by atoms with Gasteiger partial charge in [-0.25, -0.2) is 9.78 Å². The molecule has 6 heteroatoms. The molecule has 0 radical (unpaired) electrons. The lowest BCUT2D eigenvalue weighted by molar-refractivity contribution is -0.202. The van der Waals surface area contributed by atoms with Crippen LogP contribution in [0.15, 0.2) is 18.3 Å². The zero-order chi connectivity index (χ0) is 25.7. The van der Waals surface area contributed by atoms with E-state index >= 15 is 0 Å². The van der Waals surface area contributed by atoms with Gasteiger partial charge < -0.3 is 20.1 Å². The number of aliphatic hydroxyl groups is 2. The van der Waals surface area contributed by atoms with Crippen molar-refractivity contribution in [1.29, 1.82) is 0 Å². The Hall–Kier alpha value is -1.66. The zero-order valence-corrected chi connectivity index (χ0v) is 22.2. The summed E-state index contributed by atoms with van der Waals surface area (Å²) in [5.74, 6) is 2.13. The fourth-order valence-corrected chi connectivity index (χ4v) is 9.72. The number of aromatic nitrogens is 1. The van der Waals surface area contributed by atoms with Gasteiger partial charge in [-0.15, -0.1) is 0 Å². The lowest BCUT2D eigenvalue weighted by atomic mass is 9.41. The molecular formula is C30H45NO5. The number of fused-ring (bicyclic) bond motifs is 5. The Bertz CT molecular complexity index is 953. The normalized spacial score (nSPS) is 43.8. The van der Waals surface area contributed by atoms with E-state index < -0.39 is 5.97 Å². The van der Waals surface area contributed by atoms with Crippen molar-refractivity contribution in [3.05, 3.63) is 24.0 Å². The number of hydrogen-bond donors (Lipinski definition) is 3. The van der Waals surface area contributed by atoms with Crippen LogP contribution in [-0.4, -0.2) is 45.1 Å². The van der Waals surface area contributed by atoms with E-state index in [1.807, 2.05) is 0 Å². The predicted molar refractivity (Wildman–Crippen MR) is 138 cm³/mol. The first-order valence-corrected chi connectivity index (χ1v) is 14.4. The predicted octanol–water partition coefficient (Wildman–Crippen LogP) is 5.57. The summed E-state index contributed by atoms with van der Waals surface area (Å²) in [6.07, 6.45) is 11.7. The van der Waals surface area contributed by atoms with Crippen LogP contribution in [0.4, 0.5) is 0 Å². The van der Waals surface area contributed by atoms with Crippen molar-refractivity contribution < 1.29 is 24.9 Å². The van der Waals surface area contributed by atoms with Crippen molar-refractivity contribution in [1.82, 2.24) is 4.98 Å². The van der Waals surface area contributed by atoms with Crippen molar-refractivity contribution in [2.24, 2.45) is 46.3 Å². The molecule has 0 aromatic carbocycles. The lowest BCUT2D eigenvalue weighted by Gasteiger charge is -2.64. The van der Waals surface area contributed by atoms with Gasteiger partial charge in [0, 0.05) is 6.20 Å². The molecule has 5 rings (SSSR count). The van der Waals surface area contributed by atoms with Crippen LogP contribution in [0.1, 0.15) is 95.5 Å². The van der Waals surface area contributed by atoms with Gasteiger partial charge >= 0.3 is 5.97 Å². The summed E-state index contributed by atoms with van der Waals surface area (Å²) >= 11 is 0. The molecular weight excluding hydrogens is 454 g/mol. The minimum absolute atomic E-state index is 0.0255. The minimum Gasteiger partial charge on any atom is -0.491 e. The van der Waals surface area contributed by atoms with Crippen LogP contribution in [-0.2, 0) is 0 Å². The third-order valence-electron chi connectivity index (χ3n) is 11.5. The van der Waals surface area contributed by atoms with Crippen LogP contribution in [0.25, 0.3) is 0 Å². The fourth-order valence-electron chi connectivity index (χ4n) is 9.72. The van der Waals surface area contributed by atoms with Crippen LogP contribution in [0, 0.1) is 46.3 Å². The molecule has 200 valence electrons. The standard InChI is InChI=1S/C30H45NO5/c1-4-20-23-17-19(32)11-13-30(23,3)22-12-14-29(2)18(9-10-21(29)25(22)27(20)33)7-6-16-36-24-8-5-15-31-26(24)28(34)35/h5,8,15,18-23,25,27,32-33H,4,6-7,9-14,16-17H2,1-3H3,(H,34,35)/t18-,19+,20+,21-,22-,23-,25-,27+,29+,30+/m0/s1. The number of nitrogens with zero attached hydrogens (tertiary/aromatic N) is 1. The Balaban J connectivity index is 1.27. The van der Waals surface area contributed by atoms with Gasteiger partial charge in [-0.2, -0.15) is 0 Å². The smallest absolute Gasteiger partial charge is 0.358 e. The van der Waals surface area contributed by atoms with Crippen molar-refractivity contribution in [2.75, 3.05) is 6.61 Å². The number of hydrogen-bond acceptors (Lipinski definition) is 5. The molecule has 0 aliphatic heterocycles. The number of carboxylic acid groups (broad SMARTS) is 1. The number of rotatable bonds is 7. The zero-order valence-electron chi connectivity index (χ0n) is 22.2. The van der Waals surface area contributed by atoms with E-state index in [2.05, 4.69) is 25.8 Å². The molecule has 1 aromatic heterocycles. The number of carbonyl (C=O) groups is 1. The Morgan fingerprint density at radius 3 is 2.58 bits per heavy atom. The molecule has 3 N–H and O–H groups in total. The van der Waals surface area contributed by atoms with Gasteiger partial charge in [0.15, 0.2) is 11.4 Å². The Morgan fingerprint density at radius 1 is 1.08 bits per heavy atom. The Kier molecular flexibility index (Phi) is 7.14. The van der Waals surface area contributed by atoms with E-state index in [-0.39, 0.29) is 28.7 Å². The Morgan fingerprint density at radius 2 is 1.83 bits per heavy atom. The highest BCUT2D eigenvalue weighted by atomic mass is 16.5. The number of ether oxygens (including phenoxy) is 1. The molecule has 0 amide bonds. The first kappa shape index (κ1) is 26.0. The van der Waals surface area contributed by atoms with Crippen molar-refractivity contribution in [2.45, 2.75) is 97.2 Å². The van der Waals surface area contributed by atoms with Gasteiger partial charge in [-0.3, -0.25) is 0 Å². The SMILES string of the molecule is CC[C@H]1[C@@H](O)[C@@H]2[C@H](CC[C@]3(C)[C@@H](CCCOc4cccnc4C(=O)O)CC[C@@H]23)[C@@]2(C)CC[C@@H](O)C[C@@H]12. The van der Waals surface area contributed by atoms with Gasteiger partial charge in [0.05, 0.1) is 18.8 Å². The molecule has 0 saturated heterocycles. The lowest BCUT2D eigenvalue weighted by Crippen LogP contribution is -2.62. The van der Waals surface area contributed by atoms with Crippen molar-refractivity contribution >= 4 is 5.97 Å². The monoisotopic (exact) mass is 499 g/mol. The highest BCUT2D eigenvalue weighted by Crippen LogP contribution is 2.69. The minimum atomic E-state index is -1.06. The quantitative estimate of drug-likeness (QED) is 0.425. The molecule has 4 saturated carbocycles. The molecule has 10 atom stereocenters. The van der Waals surface area contributed by atoms with Crippen LogP contribution in [0.5, 0.6) is 5.75 Å². The maximum atomic E-state index is 11.8. The molecule has 4 aliphatic carbocycles. The second-order valence-electron chi connectivity index (χ2n) is 12.9. The van der Waals surface area contributed by atoms with Crippen molar-refractivity contribution in [3.63, 3.8) is 0 Å². The largest absolute Gasteiger partial charge is 0.491 e. The maximum absolute atomic E-state index is 11.8. The summed E-state index contributed by atoms with van der Waals surface area (Å²) in [6, 6.07) is 3.39. The third-order valence-corrected chi connectivity index (χ3v) is 11.5. The molecule has 0 spiro atoms. The van der Waals surface area contributed by atoms with Gasteiger partial charge in [0.1, 0.15) is 0 Å². The summed E-state index contributed by atoms with van der Waals surface area (Å²) in [6.45, 7) is 7.71. The van der Waals surface area contributed by atoms with Crippen LogP contribution in [0.3, 0.4) is 0 Å². The van der Waals surface area contributed by atoms with E-state index in [9.17, 15) is 20.1 Å². The molecule has 4 fully saturated rings. The average molecular weight is 500 g/mol. The van der Waals surface area contributed by atoms with E-state index in [1.165, 1.54) is 31.9 Å². The first-order valence-electron chi connectivity index (χ1n) is 14.4. The summed E-state index contributed by atoms with van der Waals surface area (Å²) in [4.78, 5) is 15.3. The topological polar surface area (TPSA) is 99.9 Å². The average Bonchev–Trinajstić information content (AvgIpc) is 3.19. The van der Waals surface area contributed by atoms with Gasteiger partial charge in [-0.05, 0) is 116 Å². The number of aromatic carboxylic acids is 1. The van der Waals surface area contributed by atoms with Crippen LogP contribution >= 0.6 is 0 Å². The van der Waals surface area contributed by atoms with E-state index in [4.69, 9.17) is 4.74 Å². The molecule has 1 heterocycles. The molecule has 1 aromatic rings. The summed E-state index contributed by atoms with van der Waals surface area (Å²) in [5, 5.41) is 31.6. The van der Waals surface area contributed by atoms with E-state index in [0.29, 0.717) is 47.9 Å². The number of carboxylic acids is 1. The summed E-state index contributed by atoms with van der Waals surface area (Å²) in [5.41, 5.74) is 0.462.